The molecule has 0 aromatic heterocycles. The molecule has 0 saturated heterocycles. The van der Waals surface area contributed by atoms with Crippen molar-refractivity contribution in [1.82, 2.24) is 10.9 Å². The quantitative estimate of drug-likeness (QED) is 0.826. The van der Waals surface area contributed by atoms with E-state index in [1.165, 1.54) is 5.56 Å². The number of ether oxygens (including phenoxy) is 1. The van der Waals surface area contributed by atoms with E-state index in [0.29, 0.717) is 11.3 Å². The molecular weight excluding hydrogens is 328 g/mol. The van der Waals surface area contributed by atoms with Gasteiger partial charge < -0.3 is 4.74 Å². The van der Waals surface area contributed by atoms with Crippen LogP contribution < -0.4 is 15.6 Å². The van der Waals surface area contributed by atoms with Crippen LogP contribution in [0.1, 0.15) is 49.2 Å². The molecule has 0 saturated carbocycles. The van der Waals surface area contributed by atoms with Gasteiger partial charge in [0.15, 0.2) is 6.10 Å². The molecule has 26 heavy (non-hydrogen) atoms. The van der Waals surface area contributed by atoms with Crippen molar-refractivity contribution in [2.45, 2.75) is 46.1 Å². The molecule has 0 fully saturated rings. The van der Waals surface area contributed by atoms with E-state index < -0.39 is 12.0 Å². The van der Waals surface area contributed by atoms with E-state index in [0.717, 1.165) is 5.56 Å². The Morgan fingerprint density at radius 1 is 0.962 bits per heavy atom. The van der Waals surface area contributed by atoms with Crippen LogP contribution in [0.4, 0.5) is 0 Å². The van der Waals surface area contributed by atoms with E-state index in [-0.39, 0.29) is 11.3 Å². The molecular formula is C21H26N2O3. The Labute approximate surface area is 154 Å². The minimum Gasteiger partial charge on any atom is -0.481 e. The summed E-state index contributed by atoms with van der Waals surface area (Å²) in [6.07, 6.45) is -0.743. The van der Waals surface area contributed by atoms with Crippen molar-refractivity contribution < 1.29 is 14.3 Å². The highest BCUT2D eigenvalue weighted by atomic mass is 16.5. The van der Waals surface area contributed by atoms with Crippen molar-refractivity contribution >= 4 is 11.8 Å². The minimum atomic E-state index is -0.743. The first kappa shape index (κ1) is 19.5. The number of nitrogens with one attached hydrogen (secondary N) is 2. The van der Waals surface area contributed by atoms with Crippen molar-refractivity contribution in [2.75, 3.05) is 0 Å². The van der Waals surface area contributed by atoms with Crippen LogP contribution >= 0.6 is 0 Å². The Morgan fingerprint density at radius 3 is 2.15 bits per heavy atom. The molecule has 0 radical (unpaired) electrons. The zero-order valence-electron chi connectivity index (χ0n) is 15.9. The zero-order chi connectivity index (χ0) is 19.3. The molecule has 5 heteroatoms. The van der Waals surface area contributed by atoms with Crippen LogP contribution in [0.2, 0.25) is 0 Å². The fraction of sp³-hybridized carbons (Fsp3) is 0.333. The third-order valence-corrected chi connectivity index (χ3v) is 4.09. The van der Waals surface area contributed by atoms with Gasteiger partial charge in [0.2, 0.25) is 0 Å². The lowest BCUT2D eigenvalue weighted by Gasteiger charge is -2.20. The van der Waals surface area contributed by atoms with Gasteiger partial charge in [-0.25, -0.2) is 0 Å². The molecule has 0 aliphatic rings. The Kier molecular flexibility index (Phi) is 6.03. The van der Waals surface area contributed by atoms with Crippen LogP contribution in [-0.4, -0.2) is 17.9 Å². The molecule has 0 spiro atoms. The van der Waals surface area contributed by atoms with E-state index in [2.05, 4.69) is 31.6 Å². The second-order valence-corrected chi connectivity index (χ2v) is 7.29. The molecule has 2 rings (SSSR count). The van der Waals surface area contributed by atoms with Crippen molar-refractivity contribution in [1.29, 1.82) is 0 Å². The number of hydrogen-bond acceptors (Lipinski definition) is 3. The molecule has 1 unspecified atom stereocenters. The van der Waals surface area contributed by atoms with Crippen molar-refractivity contribution in [3.63, 3.8) is 0 Å². The van der Waals surface area contributed by atoms with Crippen molar-refractivity contribution in [3.05, 3.63) is 65.2 Å². The first-order valence-electron chi connectivity index (χ1n) is 8.61. The second-order valence-electron chi connectivity index (χ2n) is 7.29. The summed E-state index contributed by atoms with van der Waals surface area (Å²) in [5.74, 6) is -0.184. The number of rotatable bonds is 4. The van der Waals surface area contributed by atoms with Gasteiger partial charge in [-0.1, -0.05) is 51.1 Å². The number of aryl methyl sites for hydroxylation is 1. The lowest BCUT2D eigenvalue weighted by molar-refractivity contribution is -0.128. The third kappa shape index (κ3) is 5.09. The van der Waals surface area contributed by atoms with E-state index >= 15 is 0 Å². The van der Waals surface area contributed by atoms with Gasteiger partial charge in [0.25, 0.3) is 11.8 Å². The predicted octanol–water partition coefficient (Wildman–Crippen LogP) is 3.52. The maximum Gasteiger partial charge on any atom is 0.279 e. The number of hydrogen-bond donors (Lipinski definition) is 2. The van der Waals surface area contributed by atoms with Crippen LogP contribution in [0.3, 0.4) is 0 Å². The molecule has 1 atom stereocenters. The molecule has 0 heterocycles. The number of benzene rings is 2. The van der Waals surface area contributed by atoms with Gasteiger partial charge in [0, 0.05) is 5.56 Å². The Bertz CT molecular complexity index is 777. The van der Waals surface area contributed by atoms with Gasteiger partial charge in [0.1, 0.15) is 5.75 Å². The highest BCUT2D eigenvalue weighted by Gasteiger charge is 2.17. The molecule has 0 aliphatic heterocycles. The smallest absolute Gasteiger partial charge is 0.279 e. The van der Waals surface area contributed by atoms with Crippen LogP contribution in [-0.2, 0) is 10.2 Å². The van der Waals surface area contributed by atoms with Crippen LogP contribution in [0.15, 0.2) is 48.5 Å². The number of amides is 2. The monoisotopic (exact) mass is 354 g/mol. The maximum atomic E-state index is 12.1. The summed E-state index contributed by atoms with van der Waals surface area (Å²) < 4.78 is 5.64. The zero-order valence-corrected chi connectivity index (χ0v) is 15.9. The first-order valence-corrected chi connectivity index (χ1v) is 8.61. The summed E-state index contributed by atoms with van der Waals surface area (Å²) in [5, 5.41) is 0. The number of carbonyl (C=O) groups excluding carboxylic acids is 2. The molecule has 2 amide bonds. The average Bonchev–Trinajstić information content (AvgIpc) is 2.59. The number of carbonyl (C=O) groups is 2. The summed E-state index contributed by atoms with van der Waals surface area (Å²) in [6, 6.07) is 14.8. The van der Waals surface area contributed by atoms with E-state index in [9.17, 15) is 9.59 Å². The van der Waals surface area contributed by atoms with Gasteiger partial charge in [-0.05, 0) is 48.6 Å². The highest BCUT2D eigenvalue weighted by molar-refractivity contribution is 5.96. The highest BCUT2D eigenvalue weighted by Crippen LogP contribution is 2.24. The molecule has 5 nitrogen and oxygen atoms in total. The standard InChI is InChI=1S/C21H26N2O3/c1-14-8-6-7-9-18(14)20(25)23-22-19(24)15(2)26-17-12-10-16(11-13-17)21(3,4)5/h6-13,15H,1-5H3,(H,22,24)(H,23,25). The molecule has 2 aromatic carbocycles. The minimum absolute atomic E-state index is 0.0569. The van der Waals surface area contributed by atoms with Gasteiger partial charge in [-0.3, -0.25) is 20.4 Å². The van der Waals surface area contributed by atoms with Gasteiger partial charge in [-0.2, -0.15) is 0 Å². The average molecular weight is 354 g/mol. The Hall–Kier alpha value is -2.82. The van der Waals surface area contributed by atoms with Gasteiger partial charge in [0.05, 0.1) is 0 Å². The normalized spacial score (nSPS) is 12.2. The third-order valence-electron chi connectivity index (χ3n) is 4.09. The molecule has 138 valence electrons. The molecule has 0 aliphatic carbocycles. The fourth-order valence-electron chi connectivity index (χ4n) is 2.41. The summed E-state index contributed by atoms with van der Waals surface area (Å²) >= 11 is 0. The van der Waals surface area contributed by atoms with E-state index in [1.54, 1.807) is 19.1 Å². The maximum absolute atomic E-state index is 12.1. The van der Waals surface area contributed by atoms with Crippen LogP contribution in [0.5, 0.6) is 5.75 Å². The predicted molar refractivity (Wildman–Crippen MR) is 102 cm³/mol. The number of hydrazine groups is 1. The van der Waals surface area contributed by atoms with Crippen LogP contribution in [0.25, 0.3) is 0 Å². The summed E-state index contributed by atoms with van der Waals surface area (Å²) in [4.78, 5) is 24.3. The SMILES string of the molecule is Cc1ccccc1C(=O)NNC(=O)C(C)Oc1ccc(C(C)(C)C)cc1. The van der Waals surface area contributed by atoms with Crippen molar-refractivity contribution in [2.24, 2.45) is 0 Å². The van der Waals surface area contributed by atoms with Crippen LogP contribution in [0, 0.1) is 6.92 Å². The van der Waals surface area contributed by atoms with Gasteiger partial charge >= 0.3 is 0 Å². The summed E-state index contributed by atoms with van der Waals surface area (Å²) in [7, 11) is 0. The first-order chi connectivity index (χ1) is 12.2. The summed E-state index contributed by atoms with van der Waals surface area (Å²) in [6.45, 7) is 9.87. The molecule has 0 bridgehead atoms. The lowest BCUT2D eigenvalue weighted by Crippen LogP contribution is -2.47. The van der Waals surface area contributed by atoms with E-state index in [1.807, 2.05) is 43.3 Å². The topological polar surface area (TPSA) is 67.4 Å². The summed E-state index contributed by atoms with van der Waals surface area (Å²) in [5.41, 5.74) is 7.41. The lowest BCUT2D eigenvalue weighted by atomic mass is 9.87. The van der Waals surface area contributed by atoms with E-state index in [4.69, 9.17) is 4.74 Å². The van der Waals surface area contributed by atoms with Crippen molar-refractivity contribution in [3.8, 4) is 5.75 Å². The Balaban J connectivity index is 1.89. The fourth-order valence-corrected chi connectivity index (χ4v) is 2.41. The second kappa shape index (κ2) is 8.04. The Morgan fingerprint density at radius 2 is 1.58 bits per heavy atom. The van der Waals surface area contributed by atoms with Gasteiger partial charge in [-0.15, -0.1) is 0 Å². The molecule has 2 aromatic rings. The largest absolute Gasteiger partial charge is 0.481 e. The molecule has 2 N–H and O–H groups in total.